The van der Waals surface area contributed by atoms with Gasteiger partial charge in [-0.2, -0.15) is 0 Å². The van der Waals surface area contributed by atoms with E-state index in [1.165, 1.54) is 18.0 Å². The van der Waals surface area contributed by atoms with Crippen LogP contribution in [0.25, 0.3) is 0 Å². The summed E-state index contributed by atoms with van der Waals surface area (Å²) >= 11 is 1.24. The van der Waals surface area contributed by atoms with Gasteiger partial charge in [0.25, 0.3) is 0 Å². The summed E-state index contributed by atoms with van der Waals surface area (Å²) in [6.45, 7) is 2.62. The lowest BCUT2D eigenvalue weighted by molar-refractivity contribution is 0.413. The second kappa shape index (κ2) is 6.38. The molecule has 0 fully saturated rings. The van der Waals surface area contributed by atoms with Gasteiger partial charge >= 0.3 is 0 Å². The summed E-state index contributed by atoms with van der Waals surface area (Å²) in [5.74, 6) is 0.718. The molecule has 1 heterocycles. The van der Waals surface area contributed by atoms with Gasteiger partial charge in [0.2, 0.25) is 5.95 Å². The number of hydrogen-bond donors (Lipinski definition) is 1. The van der Waals surface area contributed by atoms with Gasteiger partial charge in [0, 0.05) is 11.4 Å². The molecule has 2 rings (SSSR count). The van der Waals surface area contributed by atoms with Crippen LogP contribution in [0.3, 0.4) is 0 Å². The highest BCUT2D eigenvalue weighted by atomic mass is 32.2. The summed E-state index contributed by atoms with van der Waals surface area (Å²) < 4.78 is 18.8. The maximum Gasteiger partial charge on any atom is 0.223 e. The molecule has 0 spiro atoms. The van der Waals surface area contributed by atoms with Crippen molar-refractivity contribution in [1.29, 1.82) is 0 Å². The monoisotopic (exact) mass is 279 g/mol. The molecule has 1 aromatic carbocycles. The summed E-state index contributed by atoms with van der Waals surface area (Å²) in [6, 6.07) is 7.40. The largest absolute Gasteiger partial charge is 0.497 e. The Balaban J connectivity index is 2.23. The number of anilines is 1. The molecule has 0 aliphatic rings. The van der Waals surface area contributed by atoms with E-state index in [9.17, 15) is 4.39 Å². The summed E-state index contributed by atoms with van der Waals surface area (Å²) in [5, 5.41) is 3.25. The maximum atomic E-state index is 13.7. The minimum absolute atomic E-state index is 0.291. The second-order valence-corrected chi connectivity index (χ2v) is 4.72. The predicted molar refractivity (Wildman–Crippen MR) is 73.3 cm³/mol. The fourth-order valence-electron chi connectivity index (χ4n) is 1.44. The van der Waals surface area contributed by atoms with Gasteiger partial charge in [-0.1, -0.05) is 17.8 Å². The lowest BCUT2D eigenvalue weighted by atomic mass is 10.3. The molecule has 0 amide bonds. The molecular formula is C13H14FN3OS. The van der Waals surface area contributed by atoms with Gasteiger partial charge in [0.05, 0.1) is 13.3 Å². The number of aromatic nitrogens is 2. The molecule has 0 radical (unpaired) electrons. The van der Waals surface area contributed by atoms with Crippen molar-refractivity contribution >= 4 is 17.7 Å². The third kappa shape index (κ3) is 3.57. The van der Waals surface area contributed by atoms with Crippen molar-refractivity contribution in [2.75, 3.05) is 19.0 Å². The molecular weight excluding hydrogens is 265 g/mol. The maximum absolute atomic E-state index is 13.7. The first-order chi connectivity index (χ1) is 9.22. The van der Waals surface area contributed by atoms with Gasteiger partial charge in [-0.05, 0) is 25.1 Å². The van der Waals surface area contributed by atoms with Crippen LogP contribution in [0.4, 0.5) is 10.3 Å². The van der Waals surface area contributed by atoms with E-state index in [4.69, 9.17) is 4.74 Å². The number of ether oxygens (including phenoxy) is 1. The SMILES string of the molecule is CCNc1ncc(F)c(Sc2cccc(OC)c2)n1. The second-order valence-electron chi connectivity index (χ2n) is 3.66. The van der Waals surface area contributed by atoms with E-state index in [1.807, 2.05) is 31.2 Å². The predicted octanol–water partition coefficient (Wildman–Crippen LogP) is 3.21. The molecule has 0 bridgehead atoms. The van der Waals surface area contributed by atoms with Crippen LogP contribution in [0.15, 0.2) is 40.4 Å². The van der Waals surface area contributed by atoms with Crippen molar-refractivity contribution in [3.8, 4) is 5.75 Å². The van der Waals surface area contributed by atoms with Gasteiger partial charge < -0.3 is 10.1 Å². The van der Waals surface area contributed by atoms with Crippen LogP contribution in [0.5, 0.6) is 5.75 Å². The average molecular weight is 279 g/mol. The van der Waals surface area contributed by atoms with Gasteiger partial charge in [-0.15, -0.1) is 0 Å². The lowest BCUT2D eigenvalue weighted by Crippen LogP contribution is -2.03. The quantitative estimate of drug-likeness (QED) is 0.852. The van der Waals surface area contributed by atoms with Gasteiger partial charge in [0.1, 0.15) is 10.8 Å². The molecule has 1 aromatic heterocycles. The Bertz CT molecular complexity index is 565. The summed E-state index contributed by atoms with van der Waals surface area (Å²) in [6.07, 6.45) is 1.17. The average Bonchev–Trinajstić information content (AvgIpc) is 2.43. The van der Waals surface area contributed by atoms with Crippen LogP contribution >= 0.6 is 11.8 Å². The molecule has 0 saturated carbocycles. The highest BCUT2D eigenvalue weighted by Crippen LogP contribution is 2.30. The Labute approximate surface area is 115 Å². The first-order valence-electron chi connectivity index (χ1n) is 5.81. The zero-order valence-electron chi connectivity index (χ0n) is 10.7. The van der Waals surface area contributed by atoms with Crippen molar-refractivity contribution in [3.63, 3.8) is 0 Å². The number of hydrogen-bond acceptors (Lipinski definition) is 5. The van der Waals surface area contributed by atoms with Gasteiger partial charge in [-0.25, -0.2) is 14.4 Å². The standard InChI is InChI=1S/C13H14FN3OS/c1-3-15-13-16-8-11(14)12(17-13)19-10-6-4-5-9(7-10)18-2/h4-8H,3H2,1-2H3,(H,15,16,17). The molecule has 100 valence electrons. The summed E-state index contributed by atoms with van der Waals surface area (Å²) in [4.78, 5) is 8.87. The van der Waals surface area contributed by atoms with Crippen LogP contribution in [-0.4, -0.2) is 23.6 Å². The van der Waals surface area contributed by atoms with E-state index in [1.54, 1.807) is 7.11 Å². The molecule has 0 atom stereocenters. The third-order valence-electron chi connectivity index (χ3n) is 2.30. The molecule has 6 heteroatoms. The number of halogens is 1. The molecule has 4 nitrogen and oxygen atoms in total. The fraction of sp³-hybridized carbons (Fsp3) is 0.231. The van der Waals surface area contributed by atoms with Crippen molar-refractivity contribution in [2.45, 2.75) is 16.8 Å². The van der Waals surface area contributed by atoms with Crippen LogP contribution in [0.1, 0.15) is 6.92 Å². The van der Waals surface area contributed by atoms with E-state index < -0.39 is 5.82 Å². The number of rotatable bonds is 5. The minimum Gasteiger partial charge on any atom is -0.497 e. The number of methoxy groups -OCH3 is 1. The normalized spacial score (nSPS) is 10.3. The van der Waals surface area contributed by atoms with Crippen LogP contribution in [0, 0.1) is 5.82 Å². The third-order valence-corrected chi connectivity index (χ3v) is 3.27. The number of benzene rings is 1. The highest BCUT2D eigenvalue weighted by molar-refractivity contribution is 7.99. The molecule has 19 heavy (non-hydrogen) atoms. The Kier molecular flexibility index (Phi) is 4.57. The van der Waals surface area contributed by atoms with Crippen LogP contribution < -0.4 is 10.1 Å². The molecule has 2 aromatic rings. The molecule has 0 aliphatic heterocycles. The van der Waals surface area contributed by atoms with E-state index >= 15 is 0 Å². The zero-order chi connectivity index (χ0) is 13.7. The summed E-state index contributed by atoms with van der Waals surface area (Å²) in [7, 11) is 1.60. The fourth-order valence-corrected chi connectivity index (χ4v) is 2.27. The molecule has 0 aliphatic carbocycles. The van der Waals surface area contributed by atoms with E-state index in [0.29, 0.717) is 17.5 Å². The van der Waals surface area contributed by atoms with Crippen molar-refractivity contribution in [3.05, 3.63) is 36.3 Å². The van der Waals surface area contributed by atoms with Crippen molar-refractivity contribution in [1.82, 2.24) is 9.97 Å². The van der Waals surface area contributed by atoms with Crippen molar-refractivity contribution < 1.29 is 9.13 Å². The van der Waals surface area contributed by atoms with E-state index in [-0.39, 0.29) is 0 Å². The Morgan fingerprint density at radius 3 is 3.00 bits per heavy atom. The van der Waals surface area contributed by atoms with Gasteiger partial charge in [-0.3, -0.25) is 0 Å². The first kappa shape index (κ1) is 13.6. The molecule has 0 saturated heterocycles. The Morgan fingerprint density at radius 2 is 2.26 bits per heavy atom. The number of nitrogens with zero attached hydrogens (tertiary/aromatic N) is 2. The Hall–Kier alpha value is -1.82. The summed E-state index contributed by atoms with van der Waals surface area (Å²) in [5.41, 5.74) is 0. The van der Waals surface area contributed by atoms with Crippen molar-refractivity contribution in [2.24, 2.45) is 0 Å². The zero-order valence-corrected chi connectivity index (χ0v) is 11.5. The first-order valence-corrected chi connectivity index (χ1v) is 6.63. The van der Waals surface area contributed by atoms with Gasteiger partial charge in [0.15, 0.2) is 5.82 Å². The smallest absolute Gasteiger partial charge is 0.223 e. The van der Waals surface area contributed by atoms with E-state index in [2.05, 4.69) is 15.3 Å². The van der Waals surface area contributed by atoms with Crippen LogP contribution in [-0.2, 0) is 0 Å². The van der Waals surface area contributed by atoms with E-state index in [0.717, 1.165) is 10.6 Å². The molecule has 1 N–H and O–H groups in total. The highest BCUT2D eigenvalue weighted by Gasteiger charge is 2.09. The van der Waals surface area contributed by atoms with Crippen LogP contribution in [0.2, 0.25) is 0 Å². The minimum atomic E-state index is -0.436. The molecule has 0 unspecified atom stereocenters. The number of nitrogens with one attached hydrogen (secondary N) is 1. The topological polar surface area (TPSA) is 47.0 Å². The lowest BCUT2D eigenvalue weighted by Gasteiger charge is -2.06. The Morgan fingerprint density at radius 1 is 1.42 bits per heavy atom.